The zero-order valence-corrected chi connectivity index (χ0v) is 14.3. The second-order valence-electron chi connectivity index (χ2n) is 5.62. The summed E-state index contributed by atoms with van der Waals surface area (Å²) in [5.41, 5.74) is 4.46. The quantitative estimate of drug-likeness (QED) is 0.721. The molecule has 3 aromatic rings. The molecule has 0 spiro atoms. The van der Waals surface area contributed by atoms with Gasteiger partial charge in [0.2, 0.25) is 0 Å². The van der Waals surface area contributed by atoms with Crippen LogP contribution in [-0.2, 0) is 6.61 Å². The molecule has 1 heterocycles. The number of aromatic amines is 1. The minimum atomic E-state index is 0.353. The summed E-state index contributed by atoms with van der Waals surface area (Å²) in [5.74, 6) is 1.61. The monoisotopic (exact) mass is 325 g/mol. The van der Waals surface area contributed by atoms with Crippen molar-refractivity contribution in [3.8, 4) is 11.4 Å². The Morgan fingerprint density at radius 2 is 1.87 bits per heavy atom. The highest BCUT2D eigenvalue weighted by atomic mass is 32.1. The van der Waals surface area contributed by atoms with Gasteiger partial charge in [0.15, 0.2) is 10.6 Å². The van der Waals surface area contributed by atoms with Crippen LogP contribution in [0.15, 0.2) is 42.5 Å². The molecule has 118 valence electrons. The number of hydrogen-bond acceptors (Lipinski definition) is 3. The van der Waals surface area contributed by atoms with E-state index in [1.165, 1.54) is 5.56 Å². The number of hydrogen-bond donors (Lipinski definition) is 1. The van der Waals surface area contributed by atoms with Gasteiger partial charge in [-0.15, -0.1) is 0 Å². The highest BCUT2D eigenvalue weighted by molar-refractivity contribution is 7.71. The van der Waals surface area contributed by atoms with E-state index in [0.717, 1.165) is 28.4 Å². The van der Waals surface area contributed by atoms with Crippen LogP contribution in [0.5, 0.6) is 5.75 Å². The van der Waals surface area contributed by atoms with Crippen LogP contribution in [0.25, 0.3) is 5.69 Å². The molecule has 0 fully saturated rings. The third-order valence-electron chi connectivity index (χ3n) is 3.80. The second-order valence-corrected chi connectivity index (χ2v) is 6.01. The molecule has 0 aliphatic rings. The molecule has 0 saturated carbocycles. The first kappa shape index (κ1) is 15.5. The SMILES string of the molecule is Cc1ccc(C)c(-n2c(COc3ccccc3C)n[nH]c2=S)c1. The van der Waals surface area contributed by atoms with Crippen LogP contribution >= 0.6 is 12.2 Å². The number of benzene rings is 2. The van der Waals surface area contributed by atoms with Gasteiger partial charge in [0.05, 0.1) is 5.69 Å². The molecular weight excluding hydrogens is 306 g/mol. The predicted octanol–water partition coefficient (Wildman–Crippen LogP) is 4.43. The second kappa shape index (κ2) is 6.38. The number of para-hydroxylation sites is 1. The molecule has 0 radical (unpaired) electrons. The Morgan fingerprint density at radius 1 is 1.09 bits per heavy atom. The van der Waals surface area contributed by atoms with Crippen LogP contribution in [0.3, 0.4) is 0 Å². The molecule has 0 unspecified atom stereocenters. The minimum Gasteiger partial charge on any atom is -0.485 e. The van der Waals surface area contributed by atoms with Gasteiger partial charge >= 0.3 is 0 Å². The van der Waals surface area contributed by atoms with E-state index in [9.17, 15) is 0 Å². The fraction of sp³-hybridized carbons (Fsp3) is 0.222. The Balaban J connectivity index is 1.95. The van der Waals surface area contributed by atoms with Crippen LogP contribution in [0.1, 0.15) is 22.5 Å². The van der Waals surface area contributed by atoms with Gasteiger partial charge in [-0.3, -0.25) is 9.67 Å². The standard InChI is InChI=1S/C18H19N3OS/c1-12-8-9-13(2)15(10-12)21-17(19-20-18(21)23)11-22-16-7-5-4-6-14(16)3/h4-10H,11H2,1-3H3,(H,20,23). The van der Waals surface area contributed by atoms with Crippen LogP contribution in [0, 0.1) is 25.5 Å². The van der Waals surface area contributed by atoms with E-state index in [-0.39, 0.29) is 0 Å². The van der Waals surface area contributed by atoms with Gasteiger partial charge in [-0.25, -0.2) is 0 Å². The summed E-state index contributed by atoms with van der Waals surface area (Å²) < 4.78 is 8.43. The lowest BCUT2D eigenvalue weighted by atomic mass is 10.1. The van der Waals surface area contributed by atoms with E-state index in [0.29, 0.717) is 11.4 Å². The minimum absolute atomic E-state index is 0.353. The van der Waals surface area contributed by atoms with Gasteiger partial charge in [-0.05, 0) is 61.8 Å². The van der Waals surface area contributed by atoms with Crippen LogP contribution in [0.4, 0.5) is 0 Å². The van der Waals surface area contributed by atoms with Crippen LogP contribution in [0.2, 0.25) is 0 Å². The predicted molar refractivity (Wildman–Crippen MR) is 93.7 cm³/mol. The fourth-order valence-electron chi connectivity index (χ4n) is 2.50. The van der Waals surface area contributed by atoms with Gasteiger partial charge in [-0.2, -0.15) is 5.10 Å². The van der Waals surface area contributed by atoms with Crippen molar-refractivity contribution in [2.75, 3.05) is 0 Å². The molecule has 2 aromatic carbocycles. The molecule has 0 aliphatic carbocycles. The maximum Gasteiger partial charge on any atom is 0.199 e. The first-order chi connectivity index (χ1) is 11.1. The molecule has 0 atom stereocenters. The summed E-state index contributed by atoms with van der Waals surface area (Å²) in [4.78, 5) is 0. The van der Waals surface area contributed by atoms with Crippen molar-refractivity contribution in [1.82, 2.24) is 14.8 Å². The van der Waals surface area contributed by atoms with E-state index in [4.69, 9.17) is 17.0 Å². The highest BCUT2D eigenvalue weighted by Crippen LogP contribution is 2.21. The summed E-state index contributed by atoms with van der Waals surface area (Å²) in [6, 6.07) is 14.2. The van der Waals surface area contributed by atoms with Crippen molar-refractivity contribution in [3.63, 3.8) is 0 Å². The molecule has 4 nitrogen and oxygen atoms in total. The average molecular weight is 325 g/mol. The first-order valence-electron chi connectivity index (χ1n) is 7.48. The number of aryl methyl sites for hydroxylation is 3. The van der Waals surface area contributed by atoms with Crippen molar-refractivity contribution >= 4 is 12.2 Å². The van der Waals surface area contributed by atoms with Crippen molar-refractivity contribution in [1.29, 1.82) is 0 Å². The van der Waals surface area contributed by atoms with Gasteiger partial charge in [0.1, 0.15) is 12.4 Å². The molecule has 23 heavy (non-hydrogen) atoms. The Bertz CT molecular complexity index is 895. The highest BCUT2D eigenvalue weighted by Gasteiger charge is 2.12. The summed E-state index contributed by atoms with van der Waals surface area (Å²) in [6.07, 6.45) is 0. The lowest BCUT2D eigenvalue weighted by Crippen LogP contribution is -2.07. The summed E-state index contributed by atoms with van der Waals surface area (Å²) in [6.45, 7) is 6.51. The van der Waals surface area contributed by atoms with Gasteiger partial charge in [0, 0.05) is 0 Å². The van der Waals surface area contributed by atoms with Crippen molar-refractivity contribution < 1.29 is 4.74 Å². The molecule has 0 aliphatic heterocycles. The topological polar surface area (TPSA) is 42.8 Å². The first-order valence-corrected chi connectivity index (χ1v) is 7.89. The Hall–Kier alpha value is -2.40. The number of rotatable bonds is 4. The van der Waals surface area contributed by atoms with Gasteiger partial charge < -0.3 is 4.74 Å². The summed E-state index contributed by atoms with van der Waals surface area (Å²) in [7, 11) is 0. The lowest BCUT2D eigenvalue weighted by Gasteiger charge is -2.12. The third-order valence-corrected chi connectivity index (χ3v) is 4.07. The van der Waals surface area contributed by atoms with E-state index in [1.807, 2.05) is 35.8 Å². The van der Waals surface area contributed by atoms with Gasteiger partial charge in [-0.1, -0.05) is 30.3 Å². The zero-order chi connectivity index (χ0) is 16.4. The molecule has 1 N–H and O–H groups in total. The molecule has 5 heteroatoms. The lowest BCUT2D eigenvalue weighted by molar-refractivity contribution is 0.291. The largest absolute Gasteiger partial charge is 0.485 e. The summed E-state index contributed by atoms with van der Waals surface area (Å²) in [5, 5.41) is 7.20. The molecule has 0 bridgehead atoms. The smallest absolute Gasteiger partial charge is 0.199 e. The zero-order valence-electron chi connectivity index (χ0n) is 13.5. The Labute approximate surface area is 140 Å². The molecule has 0 amide bonds. The van der Waals surface area contributed by atoms with E-state index in [2.05, 4.69) is 42.2 Å². The van der Waals surface area contributed by atoms with Crippen molar-refractivity contribution in [3.05, 3.63) is 69.8 Å². The Morgan fingerprint density at radius 3 is 2.65 bits per heavy atom. The molecule has 1 aromatic heterocycles. The number of aromatic nitrogens is 3. The molecular formula is C18H19N3OS. The normalized spacial score (nSPS) is 10.7. The Kier molecular flexibility index (Phi) is 4.30. The number of nitrogens with zero attached hydrogens (tertiary/aromatic N) is 2. The van der Waals surface area contributed by atoms with E-state index in [1.54, 1.807) is 0 Å². The van der Waals surface area contributed by atoms with Crippen LogP contribution < -0.4 is 4.74 Å². The number of nitrogens with one attached hydrogen (secondary N) is 1. The van der Waals surface area contributed by atoms with Gasteiger partial charge in [0.25, 0.3) is 0 Å². The maximum atomic E-state index is 5.92. The average Bonchev–Trinajstić information content (AvgIpc) is 2.90. The molecule has 3 rings (SSSR count). The van der Waals surface area contributed by atoms with Crippen LogP contribution in [-0.4, -0.2) is 14.8 Å². The van der Waals surface area contributed by atoms with Crippen molar-refractivity contribution in [2.45, 2.75) is 27.4 Å². The van der Waals surface area contributed by atoms with E-state index < -0.39 is 0 Å². The third kappa shape index (κ3) is 3.19. The number of ether oxygens (including phenoxy) is 1. The van der Waals surface area contributed by atoms with E-state index >= 15 is 0 Å². The molecule has 0 saturated heterocycles. The van der Waals surface area contributed by atoms with Crippen molar-refractivity contribution in [2.24, 2.45) is 0 Å². The number of H-pyrrole nitrogens is 1. The fourth-order valence-corrected chi connectivity index (χ4v) is 2.75. The maximum absolute atomic E-state index is 5.92. The summed E-state index contributed by atoms with van der Waals surface area (Å²) >= 11 is 5.40.